The van der Waals surface area contributed by atoms with Gasteiger partial charge in [-0.2, -0.15) is 10.2 Å². The Morgan fingerprint density at radius 3 is 2.83 bits per heavy atom. The minimum atomic E-state index is -3.22. The number of hydrogen-bond donors (Lipinski definition) is 1. The summed E-state index contributed by atoms with van der Waals surface area (Å²) in [6.07, 6.45) is 5.37. The summed E-state index contributed by atoms with van der Waals surface area (Å²) in [4.78, 5) is 0. The minimum Gasteiger partial charge on any atom is -0.269 e. The molecule has 3 heterocycles. The first-order valence-electron chi connectivity index (χ1n) is 9.70. The molecule has 2 aromatic heterocycles. The summed E-state index contributed by atoms with van der Waals surface area (Å²) in [7, 11) is -3.22. The molecular weight excluding hydrogens is 408 g/mol. The maximum Gasteiger partial charge on any atom is 0.213 e. The maximum absolute atomic E-state index is 12.3. The molecule has 0 saturated carbocycles. The van der Waals surface area contributed by atoms with E-state index in [1.165, 1.54) is 0 Å². The number of hydrogen-bond acceptors (Lipinski definition) is 5. The lowest BCUT2D eigenvalue weighted by Crippen LogP contribution is -2.40. The normalized spacial score (nSPS) is 18.2. The van der Waals surface area contributed by atoms with Crippen LogP contribution in [0.4, 0.5) is 0 Å². The van der Waals surface area contributed by atoms with Gasteiger partial charge in [0.15, 0.2) is 4.77 Å². The van der Waals surface area contributed by atoms with Crippen molar-refractivity contribution in [3.05, 3.63) is 58.9 Å². The van der Waals surface area contributed by atoms with E-state index >= 15 is 0 Å². The fraction of sp³-hybridized carbons (Fsp3) is 0.421. The highest BCUT2D eigenvalue weighted by Gasteiger charge is 2.31. The number of nitrogens with zero attached hydrogens (tertiary/aromatic N) is 5. The van der Waals surface area contributed by atoms with Crippen molar-refractivity contribution in [1.29, 1.82) is 0 Å². The number of piperidine rings is 1. The van der Waals surface area contributed by atoms with Crippen LogP contribution in [0.15, 0.2) is 42.7 Å². The molecule has 0 radical (unpaired) electrons. The van der Waals surface area contributed by atoms with E-state index in [9.17, 15) is 8.42 Å². The lowest BCUT2D eigenvalue weighted by molar-refractivity contribution is 0.308. The third kappa shape index (κ3) is 4.19. The quantitative estimate of drug-likeness (QED) is 0.605. The molecule has 0 amide bonds. The first-order chi connectivity index (χ1) is 14.0. The number of nitrogens with one attached hydrogen (secondary N) is 1. The molecule has 1 aromatic carbocycles. The van der Waals surface area contributed by atoms with Crippen LogP contribution in [0.5, 0.6) is 0 Å². The molecule has 0 aliphatic carbocycles. The van der Waals surface area contributed by atoms with Gasteiger partial charge in [0.2, 0.25) is 10.0 Å². The molecule has 1 aliphatic heterocycles. The molecule has 8 nitrogen and oxygen atoms in total. The molecule has 1 aliphatic rings. The van der Waals surface area contributed by atoms with E-state index in [0.717, 1.165) is 29.9 Å². The van der Waals surface area contributed by atoms with Gasteiger partial charge in [-0.25, -0.2) is 12.7 Å². The fourth-order valence-corrected chi connectivity index (χ4v) is 5.17. The second kappa shape index (κ2) is 8.21. The van der Waals surface area contributed by atoms with Crippen molar-refractivity contribution in [2.24, 2.45) is 0 Å². The number of aromatic nitrogens is 5. The smallest absolute Gasteiger partial charge is 0.213 e. The topological polar surface area (TPSA) is 88.8 Å². The molecule has 1 saturated heterocycles. The van der Waals surface area contributed by atoms with Gasteiger partial charge < -0.3 is 0 Å². The maximum atomic E-state index is 12.3. The fourth-order valence-electron chi connectivity index (χ4n) is 3.75. The first kappa shape index (κ1) is 20.0. The number of benzene rings is 1. The molecule has 0 bridgehead atoms. The third-order valence-corrected chi connectivity index (χ3v) is 7.39. The predicted molar refractivity (Wildman–Crippen MR) is 113 cm³/mol. The van der Waals surface area contributed by atoms with Crippen molar-refractivity contribution in [3.63, 3.8) is 0 Å². The molecule has 154 valence electrons. The van der Waals surface area contributed by atoms with Gasteiger partial charge >= 0.3 is 0 Å². The molecule has 29 heavy (non-hydrogen) atoms. The van der Waals surface area contributed by atoms with Crippen molar-refractivity contribution >= 4 is 22.2 Å². The predicted octanol–water partition coefficient (Wildman–Crippen LogP) is 2.70. The van der Waals surface area contributed by atoms with E-state index in [4.69, 9.17) is 12.2 Å². The summed E-state index contributed by atoms with van der Waals surface area (Å²) in [6.45, 7) is 3.32. The van der Waals surface area contributed by atoms with E-state index < -0.39 is 10.0 Å². The Morgan fingerprint density at radius 1 is 1.28 bits per heavy atom. The van der Waals surface area contributed by atoms with Crippen molar-refractivity contribution in [1.82, 2.24) is 28.9 Å². The van der Waals surface area contributed by atoms with E-state index in [1.54, 1.807) is 17.4 Å². The Morgan fingerprint density at radius 2 is 2.07 bits per heavy atom. The summed E-state index contributed by atoms with van der Waals surface area (Å²) in [5.74, 6) is 0.847. The van der Waals surface area contributed by atoms with Gasteiger partial charge in [0, 0.05) is 25.2 Å². The van der Waals surface area contributed by atoms with Gasteiger partial charge in [0.05, 0.1) is 24.2 Å². The summed E-state index contributed by atoms with van der Waals surface area (Å²) in [5, 5.41) is 11.8. The molecule has 1 fully saturated rings. The lowest BCUT2D eigenvalue weighted by Gasteiger charge is -2.31. The Kier molecular flexibility index (Phi) is 5.66. The minimum absolute atomic E-state index is 0.0181. The van der Waals surface area contributed by atoms with Crippen molar-refractivity contribution < 1.29 is 8.42 Å². The lowest BCUT2D eigenvalue weighted by atomic mass is 9.99. The molecule has 4 rings (SSSR count). The van der Waals surface area contributed by atoms with Crippen molar-refractivity contribution in [2.75, 3.05) is 18.8 Å². The second-order valence-corrected chi connectivity index (χ2v) is 9.85. The Hall–Kier alpha value is -2.30. The van der Waals surface area contributed by atoms with E-state index in [0.29, 0.717) is 24.4 Å². The van der Waals surface area contributed by atoms with Crippen LogP contribution in [-0.4, -0.2) is 56.1 Å². The standard InChI is InChI=1S/C19H24N6O2S2/c1-2-29(26,27)24-10-6-9-16(13-24)18-21-22-19(28)25(18)17-11-20-23(14-17)12-15-7-4-3-5-8-15/h3-5,7-8,11,14,16H,2,6,9-10,12-13H2,1H3,(H,22,28). The van der Waals surface area contributed by atoms with Crippen LogP contribution in [0.25, 0.3) is 5.69 Å². The molecule has 3 aromatic rings. The second-order valence-electron chi connectivity index (χ2n) is 7.20. The average Bonchev–Trinajstić information content (AvgIpc) is 3.35. The number of aromatic amines is 1. The van der Waals surface area contributed by atoms with E-state index in [-0.39, 0.29) is 11.7 Å². The zero-order valence-corrected chi connectivity index (χ0v) is 17.9. The summed E-state index contributed by atoms with van der Waals surface area (Å²) >= 11 is 5.46. The zero-order valence-electron chi connectivity index (χ0n) is 16.2. The van der Waals surface area contributed by atoms with Crippen LogP contribution >= 0.6 is 12.2 Å². The van der Waals surface area contributed by atoms with Crippen LogP contribution in [0.2, 0.25) is 0 Å². The largest absolute Gasteiger partial charge is 0.269 e. The molecule has 0 spiro atoms. The van der Waals surface area contributed by atoms with Gasteiger partial charge in [-0.15, -0.1) is 0 Å². The summed E-state index contributed by atoms with van der Waals surface area (Å²) < 4.78 is 30.4. The van der Waals surface area contributed by atoms with E-state index in [1.807, 2.05) is 33.6 Å². The Labute approximate surface area is 175 Å². The van der Waals surface area contributed by atoms with Crippen LogP contribution in [0.3, 0.4) is 0 Å². The highest BCUT2D eigenvalue weighted by molar-refractivity contribution is 7.89. The Bertz CT molecular complexity index is 1130. The van der Waals surface area contributed by atoms with Crippen molar-refractivity contribution in [3.8, 4) is 5.69 Å². The van der Waals surface area contributed by atoms with Gasteiger partial charge in [-0.3, -0.25) is 14.3 Å². The van der Waals surface area contributed by atoms with Gasteiger partial charge in [0.25, 0.3) is 0 Å². The molecule has 10 heteroatoms. The highest BCUT2D eigenvalue weighted by Crippen LogP contribution is 2.29. The number of rotatable bonds is 6. The highest BCUT2D eigenvalue weighted by atomic mass is 32.2. The Balaban J connectivity index is 1.61. The summed E-state index contributed by atoms with van der Waals surface area (Å²) in [6, 6.07) is 10.1. The first-order valence-corrected chi connectivity index (χ1v) is 11.7. The molecule has 1 N–H and O–H groups in total. The monoisotopic (exact) mass is 432 g/mol. The van der Waals surface area contributed by atoms with Crippen LogP contribution < -0.4 is 0 Å². The zero-order chi connectivity index (χ0) is 20.4. The SMILES string of the molecule is CCS(=O)(=O)N1CCCC(c2n[nH]c(=S)n2-c2cnn(Cc3ccccc3)c2)C1. The molecular formula is C19H24N6O2S2. The van der Waals surface area contributed by atoms with Gasteiger partial charge in [-0.05, 0) is 37.5 Å². The summed E-state index contributed by atoms with van der Waals surface area (Å²) in [5.41, 5.74) is 1.98. The van der Waals surface area contributed by atoms with Gasteiger partial charge in [0.1, 0.15) is 5.82 Å². The number of sulfonamides is 1. The third-order valence-electron chi connectivity index (χ3n) is 5.27. The van der Waals surface area contributed by atoms with Crippen LogP contribution in [0.1, 0.15) is 37.1 Å². The van der Waals surface area contributed by atoms with E-state index in [2.05, 4.69) is 27.4 Å². The molecule has 1 atom stereocenters. The van der Waals surface area contributed by atoms with Gasteiger partial charge in [-0.1, -0.05) is 30.3 Å². The van der Waals surface area contributed by atoms with Crippen LogP contribution in [-0.2, 0) is 16.6 Å². The van der Waals surface area contributed by atoms with Crippen molar-refractivity contribution in [2.45, 2.75) is 32.2 Å². The average molecular weight is 433 g/mol. The molecule has 1 unspecified atom stereocenters. The van der Waals surface area contributed by atoms with Crippen LogP contribution in [0, 0.1) is 4.77 Å². The number of H-pyrrole nitrogens is 1.